The topological polar surface area (TPSA) is 67.8 Å². The van der Waals surface area contributed by atoms with E-state index in [0.29, 0.717) is 0 Å². The molecule has 2 N–H and O–H groups in total. The van der Waals surface area contributed by atoms with Crippen LogP contribution >= 0.6 is 0 Å². The molecule has 6 heteroatoms. The molecule has 0 radical (unpaired) electrons. The largest absolute Gasteiger partial charge is 0.449 e. The van der Waals surface area contributed by atoms with Crippen molar-refractivity contribution in [1.82, 2.24) is 5.32 Å². The molecule has 0 fully saturated rings. The van der Waals surface area contributed by atoms with Gasteiger partial charge in [-0.15, -0.1) is 0 Å². The van der Waals surface area contributed by atoms with Crippen LogP contribution in [-0.4, -0.2) is 44.9 Å². The van der Waals surface area contributed by atoms with Gasteiger partial charge >= 0.3 is 6.09 Å². The van der Waals surface area contributed by atoms with E-state index in [2.05, 4.69) is 63.4 Å². The number of benzene rings is 2. The lowest BCUT2D eigenvalue weighted by Gasteiger charge is -2.37. The number of alkyl carbamates (subject to hydrolysis) is 1. The third-order valence-corrected chi connectivity index (χ3v) is 11.2. The summed E-state index contributed by atoms with van der Waals surface area (Å²) in [4.78, 5) is 12.6. The minimum Gasteiger partial charge on any atom is -0.449 e. The maximum absolute atomic E-state index is 12.6. The molecule has 0 aromatic heterocycles. The molecule has 0 saturated heterocycles. The quantitative estimate of drug-likeness (QED) is 0.573. The first kappa shape index (κ1) is 23.5. The van der Waals surface area contributed by atoms with Gasteiger partial charge < -0.3 is 19.6 Å². The summed E-state index contributed by atoms with van der Waals surface area (Å²) >= 11 is 0. The summed E-state index contributed by atoms with van der Waals surface area (Å²) < 4.78 is 11.8. The molecule has 2 aromatic rings. The minimum atomic E-state index is -1.99. The molecule has 1 aliphatic carbocycles. The summed E-state index contributed by atoms with van der Waals surface area (Å²) in [5.74, 6) is 0.00614. The third-order valence-electron chi connectivity index (χ3n) is 6.66. The normalized spacial score (nSPS) is 15.7. The van der Waals surface area contributed by atoms with Crippen molar-refractivity contribution in [3.05, 3.63) is 59.7 Å². The van der Waals surface area contributed by atoms with Gasteiger partial charge in [-0.1, -0.05) is 69.3 Å². The first-order valence-electron chi connectivity index (χ1n) is 10.9. The first-order valence-corrected chi connectivity index (χ1v) is 13.9. The van der Waals surface area contributed by atoms with E-state index >= 15 is 0 Å². The number of aliphatic hydroxyl groups excluding tert-OH is 1. The fourth-order valence-corrected chi connectivity index (χ4v) is 4.64. The Morgan fingerprint density at radius 2 is 1.58 bits per heavy atom. The molecule has 0 heterocycles. The van der Waals surface area contributed by atoms with Crippen molar-refractivity contribution < 1.29 is 19.1 Å². The highest BCUT2D eigenvalue weighted by molar-refractivity contribution is 6.74. The Morgan fingerprint density at radius 1 is 1.06 bits per heavy atom. The van der Waals surface area contributed by atoms with Crippen LogP contribution in [0.25, 0.3) is 11.1 Å². The Kier molecular flexibility index (Phi) is 6.94. The van der Waals surface area contributed by atoms with Crippen LogP contribution in [-0.2, 0) is 9.16 Å². The van der Waals surface area contributed by atoms with Crippen molar-refractivity contribution in [1.29, 1.82) is 0 Å². The molecule has 0 saturated carbocycles. The van der Waals surface area contributed by atoms with E-state index in [0.717, 1.165) is 0 Å². The molecule has 31 heavy (non-hydrogen) atoms. The highest BCUT2D eigenvalue weighted by Crippen LogP contribution is 2.44. The van der Waals surface area contributed by atoms with Gasteiger partial charge in [-0.25, -0.2) is 4.79 Å². The van der Waals surface area contributed by atoms with E-state index in [4.69, 9.17) is 9.16 Å². The molecule has 2 atom stereocenters. The van der Waals surface area contributed by atoms with E-state index in [1.165, 1.54) is 22.3 Å². The number of amides is 1. The lowest BCUT2D eigenvalue weighted by Crippen LogP contribution is -2.50. The van der Waals surface area contributed by atoms with Gasteiger partial charge in [0.15, 0.2) is 8.32 Å². The minimum absolute atomic E-state index is 0.00614. The Labute approximate surface area is 186 Å². The van der Waals surface area contributed by atoms with Crippen molar-refractivity contribution in [2.75, 3.05) is 13.2 Å². The molecule has 1 amide bonds. The predicted molar refractivity (Wildman–Crippen MR) is 127 cm³/mol. The number of rotatable bonds is 7. The van der Waals surface area contributed by atoms with Crippen LogP contribution in [0.15, 0.2) is 48.5 Å². The van der Waals surface area contributed by atoms with Crippen LogP contribution in [0.4, 0.5) is 4.79 Å². The fourth-order valence-electron chi connectivity index (χ4n) is 3.61. The molecule has 3 rings (SSSR count). The number of carbonyl (C=O) groups is 1. The Balaban J connectivity index is 1.63. The SMILES string of the molecule is C[C@@H](O)[C@@H](CO[Si](C)(C)C(C)(C)C)NC(=O)OCC1c2ccccc2-c2ccccc21. The molecule has 5 nitrogen and oxygen atoms in total. The van der Waals surface area contributed by atoms with E-state index in [1.807, 2.05) is 24.3 Å². The van der Waals surface area contributed by atoms with E-state index in [-0.39, 0.29) is 24.2 Å². The number of ether oxygens (including phenoxy) is 1. The van der Waals surface area contributed by atoms with Crippen LogP contribution in [0.5, 0.6) is 0 Å². The molecule has 0 unspecified atom stereocenters. The zero-order chi connectivity index (χ0) is 22.8. The number of hydrogen-bond donors (Lipinski definition) is 2. The van der Waals surface area contributed by atoms with Crippen molar-refractivity contribution in [2.45, 2.75) is 63.9 Å². The van der Waals surface area contributed by atoms with Crippen molar-refractivity contribution in [3.63, 3.8) is 0 Å². The van der Waals surface area contributed by atoms with Gasteiger partial charge in [-0.05, 0) is 47.3 Å². The summed E-state index contributed by atoms with van der Waals surface area (Å²) in [6.07, 6.45) is -1.28. The summed E-state index contributed by atoms with van der Waals surface area (Å²) in [7, 11) is -1.99. The zero-order valence-corrected chi connectivity index (χ0v) is 20.4. The van der Waals surface area contributed by atoms with Gasteiger partial charge in [-0.3, -0.25) is 0 Å². The first-order chi connectivity index (χ1) is 14.5. The molecule has 168 valence electrons. The van der Waals surface area contributed by atoms with E-state index in [1.54, 1.807) is 6.92 Å². The second-order valence-electron chi connectivity index (χ2n) is 9.89. The second kappa shape index (κ2) is 9.15. The standard InChI is InChI=1S/C25H35NO4Si/c1-17(27)23(16-30-31(5,6)25(2,3)4)26-24(28)29-15-22-20-13-9-7-11-18(20)19-12-8-10-14-21(19)22/h7-14,17,22-23,27H,15-16H2,1-6H3,(H,26,28)/t17-,23-/m1/s1. The Bertz CT molecular complexity index is 874. The van der Waals surface area contributed by atoms with Crippen LogP contribution in [0, 0.1) is 0 Å². The van der Waals surface area contributed by atoms with Crippen LogP contribution < -0.4 is 5.32 Å². The lowest BCUT2D eigenvalue weighted by molar-refractivity contribution is 0.0893. The fraction of sp³-hybridized carbons (Fsp3) is 0.480. The van der Waals surface area contributed by atoms with Crippen LogP contribution in [0.3, 0.4) is 0 Å². The zero-order valence-electron chi connectivity index (χ0n) is 19.4. The maximum Gasteiger partial charge on any atom is 0.407 e. The predicted octanol–water partition coefficient (Wildman–Crippen LogP) is 5.30. The number of carbonyl (C=O) groups excluding carboxylic acids is 1. The smallest absolute Gasteiger partial charge is 0.407 e. The summed E-state index contributed by atoms with van der Waals surface area (Å²) in [6, 6.07) is 16.0. The lowest BCUT2D eigenvalue weighted by atomic mass is 9.98. The number of hydrogen-bond acceptors (Lipinski definition) is 4. The van der Waals surface area contributed by atoms with Crippen molar-refractivity contribution in [2.24, 2.45) is 0 Å². The maximum atomic E-state index is 12.6. The monoisotopic (exact) mass is 441 g/mol. The van der Waals surface area contributed by atoms with Gasteiger partial charge in [0.2, 0.25) is 0 Å². The van der Waals surface area contributed by atoms with Gasteiger partial charge in [0.25, 0.3) is 0 Å². The van der Waals surface area contributed by atoms with E-state index in [9.17, 15) is 9.90 Å². The van der Waals surface area contributed by atoms with Gasteiger partial charge in [-0.2, -0.15) is 0 Å². The highest BCUT2D eigenvalue weighted by atomic mass is 28.4. The third kappa shape index (κ3) is 5.19. The molecule has 1 aliphatic rings. The van der Waals surface area contributed by atoms with Crippen molar-refractivity contribution >= 4 is 14.4 Å². The van der Waals surface area contributed by atoms with Gasteiger partial charge in [0.05, 0.1) is 18.8 Å². The average molecular weight is 442 g/mol. The van der Waals surface area contributed by atoms with Crippen LogP contribution in [0.1, 0.15) is 44.7 Å². The Hall–Kier alpha value is -2.15. The average Bonchev–Trinajstić information content (AvgIpc) is 3.02. The van der Waals surface area contributed by atoms with Gasteiger partial charge in [0, 0.05) is 5.92 Å². The number of aliphatic hydroxyl groups is 1. The molecule has 0 aliphatic heterocycles. The molecule has 2 aromatic carbocycles. The summed E-state index contributed by atoms with van der Waals surface area (Å²) in [5, 5.41) is 13.0. The summed E-state index contributed by atoms with van der Waals surface area (Å²) in [6.45, 7) is 13.0. The molecular weight excluding hydrogens is 406 g/mol. The molecule has 0 bridgehead atoms. The molecule has 0 spiro atoms. The van der Waals surface area contributed by atoms with Crippen LogP contribution in [0.2, 0.25) is 18.1 Å². The second-order valence-corrected chi connectivity index (χ2v) is 14.7. The van der Waals surface area contributed by atoms with Crippen molar-refractivity contribution in [3.8, 4) is 11.1 Å². The molecular formula is C25H35NO4Si. The van der Waals surface area contributed by atoms with E-state index < -0.39 is 26.6 Å². The highest BCUT2D eigenvalue weighted by Gasteiger charge is 2.38. The summed E-state index contributed by atoms with van der Waals surface area (Å²) in [5.41, 5.74) is 4.73. The number of nitrogens with one attached hydrogen (secondary N) is 1. The van der Waals surface area contributed by atoms with Gasteiger partial charge in [0.1, 0.15) is 6.61 Å². The number of fused-ring (bicyclic) bond motifs is 3. The Morgan fingerprint density at radius 3 is 2.06 bits per heavy atom.